The highest BCUT2D eigenvalue weighted by Gasteiger charge is 2.27. The molecule has 138 valence electrons. The minimum absolute atomic E-state index is 0.0520. The summed E-state index contributed by atoms with van der Waals surface area (Å²) in [7, 11) is 0. The molecule has 0 bridgehead atoms. The molecule has 0 radical (unpaired) electrons. The number of carbonyl (C=O) groups excluding carboxylic acids is 3. The monoisotopic (exact) mass is 421 g/mol. The molecule has 0 saturated carbocycles. The third kappa shape index (κ3) is 5.70. The van der Waals surface area contributed by atoms with Gasteiger partial charge in [-0.05, 0) is 40.9 Å². The molecular formula is C18H20BrN3O4. The second-order valence-corrected chi connectivity index (χ2v) is 6.73. The molecule has 0 saturated heterocycles. The highest BCUT2D eigenvalue weighted by molar-refractivity contribution is 9.10. The molecule has 26 heavy (non-hydrogen) atoms. The molecule has 0 spiro atoms. The zero-order valence-corrected chi connectivity index (χ0v) is 16.3. The van der Waals surface area contributed by atoms with Crippen molar-refractivity contribution in [3.05, 3.63) is 45.6 Å². The minimum Gasteiger partial charge on any atom is -0.456 e. The Hall–Kier alpha value is -2.66. The van der Waals surface area contributed by atoms with E-state index in [0.29, 0.717) is 10.0 Å². The number of rotatable bonds is 7. The van der Waals surface area contributed by atoms with Crippen LogP contribution in [0.2, 0.25) is 0 Å². The third-order valence-corrected chi connectivity index (χ3v) is 4.15. The van der Waals surface area contributed by atoms with Crippen molar-refractivity contribution >= 4 is 33.6 Å². The van der Waals surface area contributed by atoms with E-state index in [2.05, 4.69) is 21.2 Å². The predicted molar refractivity (Wildman–Crippen MR) is 98.7 cm³/mol. The van der Waals surface area contributed by atoms with Crippen LogP contribution in [0.15, 0.2) is 40.0 Å². The molecular weight excluding hydrogens is 402 g/mol. The fourth-order valence-electron chi connectivity index (χ4n) is 2.03. The highest BCUT2D eigenvalue weighted by atomic mass is 79.9. The molecule has 0 aliphatic carbocycles. The zero-order chi connectivity index (χ0) is 19.9. The maximum atomic E-state index is 12.4. The van der Waals surface area contributed by atoms with Gasteiger partial charge in [0.15, 0.2) is 6.61 Å². The van der Waals surface area contributed by atoms with Crippen molar-refractivity contribution in [2.75, 3.05) is 6.61 Å². The number of nitrogens with two attached hydrogens (primary N) is 1. The summed E-state index contributed by atoms with van der Waals surface area (Å²) < 4.78 is 5.56. The summed E-state index contributed by atoms with van der Waals surface area (Å²) in [5, 5.41) is 11.5. The molecule has 0 aliphatic heterocycles. The first-order valence-corrected chi connectivity index (χ1v) is 8.60. The fraction of sp³-hybridized carbons (Fsp3) is 0.333. The smallest absolute Gasteiger partial charge is 0.329 e. The Kier molecular flexibility index (Phi) is 8.00. The molecule has 7 nitrogen and oxygen atoms in total. The van der Waals surface area contributed by atoms with Gasteiger partial charge >= 0.3 is 5.97 Å². The summed E-state index contributed by atoms with van der Waals surface area (Å²) in [5.41, 5.74) is 5.61. The van der Waals surface area contributed by atoms with E-state index in [0.717, 1.165) is 0 Å². The number of nitriles is 1. The summed E-state index contributed by atoms with van der Waals surface area (Å²) in [6.07, 6.45) is 0. The van der Waals surface area contributed by atoms with E-state index >= 15 is 0 Å². The predicted octanol–water partition coefficient (Wildman–Crippen LogP) is 2.07. The normalized spacial score (nSPS) is 12.6. The van der Waals surface area contributed by atoms with E-state index in [1.807, 2.05) is 0 Å². The Balaban J connectivity index is 2.81. The lowest BCUT2D eigenvalue weighted by Gasteiger charge is -2.21. The molecule has 3 N–H and O–H groups in total. The quantitative estimate of drug-likeness (QED) is 0.394. The van der Waals surface area contributed by atoms with Gasteiger partial charge in [0.2, 0.25) is 5.78 Å². The standard InChI is InChI=1S/C18H20BrN3O4/c1-10(2)16(22-17(24)12-6-4-5-7-14(12)19)18(25)26-9-15(23)13(8-20)11(3)21/h4-7,10,16H,9,21H2,1-3H3,(H,22,24). The summed E-state index contributed by atoms with van der Waals surface area (Å²) >= 11 is 3.28. The number of esters is 1. The molecule has 0 fully saturated rings. The Morgan fingerprint density at radius 1 is 1.31 bits per heavy atom. The third-order valence-electron chi connectivity index (χ3n) is 3.46. The number of halogens is 1. The largest absolute Gasteiger partial charge is 0.456 e. The fourth-order valence-corrected chi connectivity index (χ4v) is 2.50. The first-order valence-electron chi connectivity index (χ1n) is 7.80. The van der Waals surface area contributed by atoms with Crippen LogP contribution in [0.1, 0.15) is 31.1 Å². The Morgan fingerprint density at radius 2 is 1.92 bits per heavy atom. The van der Waals surface area contributed by atoms with E-state index in [4.69, 9.17) is 15.7 Å². The Morgan fingerprint density at radius 3 is 2.42 bits per heavy atom. The number of nitrogens with zero attached hydrogens (tertiary/aromatic N) is 1. The van der Waals surface area contributed by atoms with Crippen molar-refractivity contribution in [3.8, 4) is 6.07 Å². The number of nitrogens with one attached hydrogen (secondary N) is 1. The summed E-state index contributed by atoms with van der Waals surface area (Å²) in [6, 6.07) is 7.51. The number of amides is 1. The Labute approximate surface area is 160 Å². The van der Waals surface area contributed by atoms with Crippen LogP contribution in [0.5, 0.6) is 0 Å². The van der Waals surface area contributed by atoms with Gasteiger partial charge in [-0.3, -0.25) is 9.59 Å². The number of benzene rings is 1. The summed E-state index contributed by atoms with van der Waals surface area (Å²) in [6.45, 7) is 4.26. The van der Waals surface area contributed by atoms with Crippen LogP contribution in [0.3, 0.4) is 0 Å². The molecule has 0 aromatic heterocycles. The SMILES string of the molecule is CC(N)=C(C#N)C(=O)COC(=O)C(NC(=O)c1ccccc1Br)C(C)C. The molecule has 0 heterocycles. The van der Waals surface area contributed by atoms with Gasteiger partial charge < -0.3 is 15.8 Å². The van der Waals surface area contributed by atoms with E-state index < -0.39 is 30.3 Å². The number of Topliss-reactive ketones (excluding diaryl/α,β-unsaturated/α-hetero) is 1. The number of ether oxygens (including phenoxy) is 1. The van der Waals surface area contributed by atoms with E-state index in [1.54, 1.807) is 44.2 Å². The van der Waals surface area contributed by atoms with Gasteiger partial charge in [-0.25, -0.2) is 4.79 Å². The van der Waals surface area contributed by atoms with Crippen LogP contribution < -0.4 is 11.1 Å². The first kappa shape index (κ1) is 21.4. The van der Waals surface area contributed by atoms with E-state index in [-0.39, 0.29) is 17.2 Å². The lowest BCUT2D eigenvalue weighted by molar-refractivity contribution is -0.150. The van der Waals surface area contributed by atoms with Crippen LogP contribution in [-0.4, -0.2) is 30.3 Å². The molecule has 1 aromatic carbocycles. The van der Waals surface area contributed by atoms with Crippen molar-refractivity contribution in [1.82, 2.24) is 5.32 Å². The van der Waals surface area contributed by atoms with Crippen molar-refractivity contribution in [1.29, 1.82) is 5.26 Å². The maximum absolute atomic E-state index is 12.4. The topological polar surface area (TPSA) is 122 Å². The van der Waals surface area contributed by atoms with Crippen LogP contribution >= 0.6 is 15.9 Å². The van der Waals surface area contributed by atoms with Crippen LogP contribution in [0, 0.1) is 17.2 Å². The van der Waals surface area contributed by atoms with Gasteiger partial charge in [-0.1, -0.05) is 26.0 Å². The highest BCUT2D eigenvalue weighted by Crippen LogP contribution is 2.16. The second kappa shape index (κ2) is 9.73. The molecule has 8 heteroatoms. The average Bonchev–Trinajstić information content (AvgIpc) is 2.57. The van der Waals surface area contributed by atoms with Crippen LogP contribution in [0.25, 0.3) is 0 Å². The number of allylic oxidation sites excluding steroid dienone is 1. The van der Waals surface area contributed by atoms with E-state index in [9.17, 15) is 14.4 Å². The van der Waals surface area contributed by atoms with Crippen molar-refractivity contribution in [2.24, 2.45) is 11.7 Å². The molecule has 1 rings (SSSR count). The number of carbonyl (C=O) groups is 3. The molecule has 1 unspecified atom stereocenters. The van der Waals surface area contributed by atoms with Gasteiger partial charge in [0.05, 0.1) is 5.56 Å². The molecule has 1 aromatic rings. The van der Waals surface area contributed by atoms with Gasteiger partial charge in [0.25, 0.3) is 5.91 Å². The van der Waals surface area contributed by atoms with Gasteiger partial charge in [-0.15, -0.1) is 0 Å². The van der Waals surface area contributed by atoms with E-state index in [1.165, 1.54) is 6.92 Å². The second-order valence-electron chi connectivity index (χ2n) is 5.88. The number of hydrogen-bond donors (Lipinski definition) is 2. The zero-order valence-electron chi connectivity index (χ0n) is 14.7. The average molecular weight is 422 g/mol. The molecule has 1 atom stereocenters. The van der Waals surface area contributed by atoms with Crippen molar-refractivity contribution in [3.63, 3.8) is 0 Å². The van der Waals surface area contributed by atoms with Crippen molar-refractivity contribution < 1.29 is 19.1 Å². The first-order chi connectivity index (χ1) is 12.2. The summed E-state index contributed by atoms with van der Waals surface area (Å²) in [5.74, 6) is -2.18. The van der Waals surface area contributed by atoms with Crippen LogP contribution in [0.4, 0.5) is 0 Å². The van der Waals surface area contributed by atoms with Crippen LogP contribution in [-0.2, 0) is 14.3 Å². The lowest BCUT2D eigenvalue weighted by atomic mass is 10.0. The number of hydrogen-bond acceptors (Lipinski definition) is 6. The molecule has 1 amide bonds. The number of ketones is 1. The van der Waals surface area contributed by atoms with Gasteiger partial charge in [-0.2, -0.15) is 5.26 Å². The maximum Gasteiger partial charge on any atom is 0.329 e. The Bertz CT molecular complexity index is 777. The lowest BCUT2D eigenvalue weighted by Crippen LogP contribution is -2.45. The molecule has 0 aliphatic rings. The van der Waals surface area contributed by atoms with Crippen molar-refractivity contribution in [2.45, 2.75) is 26.8 Å². The summed E-state index contributed by atoms with van der Waals surface area (Å²) in [4.78, 5) is 36.5. The minimum atomic E-state index is -0.948. The van der Waals surface area contributed by atoms with Gasteiger partial charge in [0.1, 0.15) is 17.7 Å². The van der Waals surface area contributed by atoms with Gasteiger partial charge in [0, 0.05) is 10.2 Å².